The summed E-state index contributed by atoms with van der Waals surface area (Å²) in [5.74, 6) is -0.898. The zero-order valence-corrected chi connectivity index (χ0v) is 12.4. The van der Waals surface area contributed by atoms with Crippen LogP contribution in [-0.2, 0) is 18.3 Å². The highest BCUT2D eigenvalue weighted by molar-refractivity contribution is 5.95. The predicted molar refractivity (Wildman–Crippen MR) is 85.7 cm³/mol. The lowest BCUT2D eigenvalue weighted by molar-refractivity contribution is -0.115. The van der Waals surface area contributed by atoms with Crippen molar-refractivity contribution in [2.24, 2.45) is 7.05 Å². The van der Waals surface area contributed by atoms with E-state index < -0.39 is 11.7 Å². The van der Waals surface area contributed by atoms with Crippen molar-refractivity contribution in [1.29, 1.82) is 0 Å². The lowest BCUT2D eigenvalue weighted by Crippen LogP contribution is -2.24. The van der Waals surface area contributed by atoms with Gasteiger partial charge in [-0.3, -0.25) is 9.59 Å². The molecule has 1 N–H and O–H groups in total. The number of fused-ring (bicyclic) bond motifs is 1. The maximum atomic E-state index is 13.6. The zero-order valence-electron chi connectivity index (χ0n) is 12.4. The molecule has 3 rings (SSSR count). The zero-order chi connectivity index (χ0) is 16.4. The minimum absolute atomic E-state index is 0.0526. The molecule has 2 aromatic carbocycles. The van der Waals surface area contributed by atoms with Gasteiger partial charge in [0.1, 0.15) is 5.82 Å². The highest BCUT2D eigenvalue weighted by Crippen LogP contribution is 2.16. The third kappa shape index (κ3) is 2.96. The maximum absolute atomic E-state index is 13.6. The van der Waals surface area contributed by atoms with Crippen LogP contribution in [0, 0.1) is 5.82 Å². The summed E-state index contributed by atoms with van der Waals surface area (Å²) in [4.78, 5) is 24.2. The number of rotatable bonds is 3. The predicted octanol–water partition coefficient (Wildman–Crippen LogP) is 2.25. The van der Waals surface area contributed by atoms with Gasteiger partial charge in [-0.2, -0.15) is 5.10 Å². The van der Waals surface area contributed by atoms with Gasteiger partial charge in [0, 0.05) is 12.4 Å². The standard InChI is InChI=1S/C17H14FN3O2/c1-21-17(23)12-7-3-2-6-11(12)15(20-21)10-16(22)19-14-9-5-4-8-13(14)18/h2-9H,10H2,1H3,(H,19,22). The molecular weight excluding hydrogens is 297 g/mol. The van der Waals surface area contributed by atoms with Crippen LogP contribution in [0.4, 0.5) is 10.1 Å². The normalized spacial score (nSPS) is 10.7. The van der Waals surface area contributed by atoms with Crippen LogP contribution in [0.2, 0.25) is 0 Å². The van der Waals surface area contributed by atoms with E-state index in [0.29, 0.717) is 16.5 Å². The molecule has 0 radical (unpaired) electrons. The first-order valence-corrected chi connectivity index (χ1v) is 7.05. The summed E-state index contributed by atoms with van der Waals surface area (Å²) >= 11 is 0. The number of aromatic nitrogens is 2. The Morgan fingerprint density at radius 1 is 1.13 bits per heavy atom. The fourth-order valence-electron chi connectivity index (χ4n) is 2.42. The summed E-state index contributed by atoms with van der Waals surface area (Å²) in [5, 5.41) is 7.79. The van der Waals surface area contributed by atoms with Crippen LogP contribution in [0.5, 0.6) is 0 Å². The molecule has 0 saturated heterocycles. The lowest BCUT2D eigenvalue weighted by Gasteiger charge is -2.09. The number of amides is 1. The van der Waals surface area contributed by atoms with Gasteiger partial charge in [0.15, 0.2) is 0 Å². The molecule has 6 heteroatoms. The summed E-state index contributed by atoms with van der Waals surface area (Å²) in [7, 11) is 1.53. The molecule has 0 spiro atoms. The summed E-state index contributed by atoms with van der Waals surface area (Å²) < 4.78 is 14.8. The third-order valence-corrected chi connectivity index (χ3v) is 3.51. The SMILES string of the molecule is Cn1nc(CC(=O)Nc2ccccc2F)c2ccccc2c1=O. The van der Waals surface area contributed by atoms with Gasteiger partial charge in [-0.1, -0.05) is 30.3 Å². The molecule has 0 aliphatic heterocycles. The number of aryl methyl sites for hydroxylation is 1. The topological polar surface area (TPSA) is 64.0 Å². The van der Waals surface area contributed by atoms with Crippen molar-refractivity contribution in [3.05, 3.63) is 70.4 Å². The molecule has 3 aromatic rings. The van der Waals surface area contributed by atoms with Gasteiger partial charge in [0.25, 0.3) is 5.56 Å². The molecule has 1 heterocycles. The molecule has 0 atom stereocenters. The highest BCUT2D eigenvalue weighted by atomic mass is 19.1. The number of para-hydroxylation sites is 1. The molecule has 1 amide bonds. The van der Waals surface area contributed by atoms with Gasteiger partial charge in [-0.15, -0.1) is 0 Å². The number of halogens is 1. The Hall–Kier alpha value is -3.02. The Kier molecular flexibility index (Phi) is 3.89. The third-order valence-electron chi connectivity index (χ3n) is 3.51. The molecule has 1 aromatic heterocycles. The number of hydrogen-bond acceptors (Lipinski definition) is 3. The average Bonchev–Trinajstić information content (AvgIpc) is 2.54. The number of carbonyl (C=O) groups is 1. The van der Waals surface area contributed by atoms with E-state index in [9.17, 15) is 14.0 Å². The van der Waals surface area contributed by atoms with E-state index in [1.54, 1.807) is 36.4 Å². The van der Waals surface area contributed by atoms with Crippen molar-refractivity contribution in [2.45, 2.75) is 6.42 Å². The van der Waals surface area contributed by atoms with Crippen molar-refractivity contribution >= 4 is 22.4 Å². The second-order valence-electron chi connectivity index (χ2n) is 5.13. The van der Waals surface area contributed by atoms with Crippen molar-refractivity contribution in [2.75, 3.05) is 5.32 Å². The van der Waals surface area contributed by atoms with Gasteiger partial charge in [0.05, 0.1) is 23.2 Å². The molecule has 5 nitrogen and oxygen atoms in total. The molecule has 116 valence electrons. The monoisotopic (exact) mass is 311 g/mol. The van der Waals surface area contributed by atoms with Crippen molar-refractivity contribution < 1.29 is 9.18 Å². The van der Waals surface area contributed by atoms with Gasteiger partial charge < -0.3 is 5.32 Å². The quantitative estimate of drug-likeness (QED) is 0.807. The number of carbonyl (C=O) groups excluding carboxylic acids is 1. The molecule has 0 fully saturated rings. The lowest BCUT2D eigenvalue weighted by atomic mass is 10.1. The number of nitrogens with zero attached hydrogens (tertiary/aromatic N) is 2. The van der Waals surface area contributed by atoms with E-state index in [1.807, 2.05) is 0 Å². The Morgan fingerprint density at radius 3 is 2.52 bits per heavy atom. The van der Waals surface area contributed by atoms with Crippen molar-refractivity contribution in [3.8, 4) is 0 Å². The molecule has 0 aliphatic rings. The Balaban J connectivity index is 1.93. The minimum Gasteiger partial charge on any atom is -0.323 e. The Bertz CT molecular complexity index is 950. The maximum Gasteiger partial charge on any atom is 0.274 e. The van der Waals surface area contributed by atoms with Crippen LogP contribution in [0.3, 0.4) is 0 Å². The summed E-state index contributed by atoms with van der Waals surface area (Å²) in [6, 6.07) is 12.9. The first-order chi connectivity index (χ1) is 11.1. The smallest absolute Gasteiger partial charge is 0.274 e. The van der Waals surface area contributed by atoms with Gasteiger partial charge in [-0.25, -0.2) is 9.07 Å². The van der Waals surface area contributed by atoms with E-state index >= 15 is 0 Å². The highest BCUT2D eigenvalue weighted by Gasteiger charge is 2.13. The fourth-order valence-corrected chi connectivity index (χ4v) is 2.42. The van der Waals surface area contributed by atoms with E-state index in [0.717, 1.165) is 0 Å². The number of nitrogens with one attached hydrogen (secondary N) is 1. The van der Waals surface area contributed by atoms with E-state index in [4.69, 9.17) is 0 Å². The first-order valence-electron chi connectivity index (χ1n) is 7.05. The Labute approximate surface area is 131 Å². The molecular formula is C17H14FN3O2. The number of hydrogen-bond donors (Lipinski definition) is 1. The van der Waals surface area contributed by atoms with Crippen LogP contribution >= 0.6 is 0 Å². The summed E-state index contributed by atoms with van der Waals surface area (Å²) in [6.45, 7) is 0. The summed E-state index contributed by atoms with van der Waals surface area (Å²) in [5.41, 5.74) is 0.363. The van der Waals surface area contributed by atoms with E-state index in [2.05, 4.69) is 10.4 Å². The van der Waals surface area contributed by atoms with E-state index in [1.165, 1.54) is 23.9 Å². The summed E-state index contributed by atoms with van der Waals surface area (Å²) in [6.07, 6.45) is -0.0526. The largest absolute Gasteiger partial charge is 0.323 e. The average molecular weight is 311 g/mol. The minimum atomic E-state index is -0.501. The van der Waals surface area contributed by atoms with E-state index in [-0.39, 0.29) is 17.7 Å². The van der Waals surface area contributed by atoms with Gasteiger partial charge in [0.2, 0.25) is 5.91 Å². The van der Waals surface area contributed by atoms with Crippen LogP contribution in [0.15, 0.2) is 53.3 Å². The van der Waals surface area contributed by atoms with Crippen LogP contribution < -0.4 is 10.9 Å². The van der Waals surface area contributed by atoms with Crippen molar-refractivity contribution in [1.82, 2.24) is 9.78 Å². The van der Waals surface area contributed by atoms with Gasteiger partial charge >= 0.3 is 0 Å². The molecule has 0 bridgehead atoms. The molecule has 0 saturated carbocycles. The Morgan fingerprint density at radius 2 is 1.78 bits per heavy atom. The van der Waals surface area contributed by atoms with Gasteiger partial charge in [-0.05, 0) is 18.2 Å². The van der Waals surface area contributed by atoms with Crippen LogP contribution in [0.25, 0.3) is 10.8 Å². The fraction of sp³-hybridized carbons (Fsp3) is 0.118. The molecule has 0 aliphatic carbocycles. The second-order valence-corrected chi connectivity index (χ2v) is 5.13. The molecule has 23 heavy (non-hydrogen) atoms. The first kappa shape index (κ1) is 14.9. The van der Waals surface area contributed by atoms with Crippen LogP contribution in [-0.4, -0.2) is 15.7 Å². The second kappa shape index (κ2) is 6.00. The number of anilines is 1. The number of benzene rings is 2. The van der Waals surface area contributed by atoms with Crippen molar-refractivity contribution in [3.63, 3.8) is 0 Å². The molecule has 0 unspecified atom stereocenters. The van der Waals surface area contributed by atoms with Crippen LogP contribution in [0.1, 0.15) is 5.69 Å².